The van der Waals surface area contributed by atoms with Crippen molar-refractivity contribution in [2.24, 2.45) is 11.7 Å². The van der Waals surface area contributed by atoms with Gasteiger partial charge in [0.05, 0.1) is 6.61 Å². The van der Waals surface area contributed by atoms with E-state index in [0.29, 0.717) is 38.5 Å². The molecule has 0 unspecified atom stereocenters. The molecular weight excluding hydrogens is 220 g/mol. The first-order valence-electron chi connectivity index (χ1n) is 6.14. The second kappa shape index (κ2) is 8.98. The lowest BCUT2D eigenvalue weighted by molar-refractivity contribution is -0.149. The fourth-order valence-corrected chi connectivity index (χ4v) is 1.47. The molecule has 0 saturated carbocycles. The summed E-state index contributed by atoms with van der Waals surface area (Å²) in [6.45, 7) is 7.20. The quantitative estimate of drug-likeness (QED) is 0.640. The van der Waals surface area contributed by atoms with Crippen LogP contribution in [0.2, 0.25) is 0 Å². The highest BCUT2D eigenvalue weighted by atomic mass is 16.5. The average molecular weight is 244 g/mol. The highest BCUT2D eigenvalue weighted by Crippen LogP contribution is 2.03. The van der Waals surface area contributed by atoms with E-state index in [9.17, 15) is 9.59 Å². The van der Waals surface area contributed by atoms with Crippen LogP contribution in [0.5, 0.6) is 0 Å². The van der Waals surface area contributed by atoms with E-state index in [4.69, 9.17) is 10.5 Å². The van der Waals surface area contributed by atoms with Gasteiger partial charge < -0.3 is 15.4 Å². The molecule has 0 aliphatic heterocycles. The molecule has 5 heteroatoms. The van der Waals surface area contributed by atoms with Crippen LogP contribution in [-0.2, 0) is 14.3 Å². The van der Waals surface area contributed by atoms with Crippen molar-refractivity contribution in [3.63, 3.8) is 0 Å². The Bertz CT molecular complexity index is 242. The first kappa shape index (κ1) is 15.9. The van der Waals surface area contributed by atoms with Crippen LogP contribution >= 0.6 is 0 Å². The van der Waals surface area contributed by atoms with Gasteiger partial charge in [-0.2, -0.15) is 0 Å². The van der Waals surface area contributed by atoms with Gasteiger partial charge in [-0.05, 0) is 25.8 Å². The Kier molecular flexibility index (Phi) is 8.40. The van der Waals surface area contributed by atoms with Crippen LogP contribution in [0, 0.1) is 5.92 Å². The zero-order chi connectivity index (χ0) is 13.3. The van der Waals surface area contributed by atoms with E-state index in [-0.39, 0.29) is 18.4 Å². The van der Waals surface area contributed by atoms with Crippen LogP contribution in [-0.4, -0.2) is 43.0 Å². The van der Waals surface area contributed by atoms with Gasteiger partial charge in [0.15, 0.2) is 0 Å². The summed E-state index contributed by atoms with van der Waals surface area (Å²) >= 11 is 0. The minimum absolute atomic E-state index is 0.0304. The van der Waals surface area contributed by atoms with Gasteiger partial charge in [0.2, 0.25) is 5.91 Å². The van der Waals surface area contributed by atoms with Gasteiger partial charge in [-0.3, -0.25) is 9.59 Å². The summed E-state index contributed by atoms with van der Waals surface area (Å²) in [7, 11) is 0. The van der Waals surface area contributed by atoms with Gasteiger partial charge in [0.25, 0.3) is 0 Å². The monoisotopic (exact) mass is 244 g/mol. The van der Waals surface area contributed by atoms with E-state index < -0.39 is 0 Å². The zero-order valence-electron chi connectivity index (χ0n) is 11.1. The number of hydrogen-bond donors (Lipinski definition) is 1. The second-order valence-electron chi connectivity index (χ2n) is 4.37. The molecule has 0 atom stereocenters. The molecule has 0 rings (SSSR count). The molecule has 0 heterocycles. The molecule has 0 radical (unpaired) electrons. The van der Waals surface area contributed by atoms with Crippen molar-refractivity contribution < 1.29 is 14.3 Å². The maximum absolute atomic E-state index is 11.8. The van der Waals surface area contributed by atoms with Crippen LogP contribution < -0.4 is 5.73 Å². The van der Waals surface area contributed by atoms with Gasteiger partial charge in [0.1, 0.15) is 6.54 Å². The average Bonchev–Trinajstić information content (AvgIpc) is 2.24. The normalized spacial score (nSPS) is 10.4. The van der Waals surface area contributed by atoms with Gasteiger partial charge in [-0.15, -0.1) is 0 Å². The van der Waals surface area contributed by atoms with E-state index in [0.717, 1.165) is 0 Å². The topological polar surface area (TPSA) is 72.6 Å². The number of carbonyl (C=O) groups is 2. The Morgan fingerprint density at radius 1 is 1.35 bits per heavy atom. The molecule has 0 saturated heterocycles. The molecule has 0 fully saturated rings. The molecule has 0 aliphatic carbocycles. The number of esters is 1. The molecule has 100 valence electrons. The molecule has 5 nitrogen and oxygen atoms in total. The van der Waals surface area contributed by atoms with Crippen molar-refractivity contribution in [3.05, 3.63) is 0 Å². The van der Waals surface area contributed by atoms with Crippen LogP contribution in [0.4, 0.5) is 0 Å². The summed E-state index contributed by atoms with van der Waals surface area (Å²) in [4.78, 5) is 24.8. The van der Waals surface area contributed by atoms with Gasteiger partial charge in [0, 0.05) is 13.0 Å². The molecule has 17 heavy (non-hydrogen) atoms. The van der Waals surface area contributed by atoms with E-state index in [1.54, 1.807) is 11.8 Å². The van der Waals surface area contributed by atoms with Crippen molar-refractivity contribution in [2.75, 3.05) is 26.2 Å². The van der Waals surface area contributed by atoms with Crippen LogP contribution in [0.15, 0.2) is 0 Å². The highest BCUT2D eigenvalue weighted by Gasteiger charge is 2.18. The largest absolute Gasteiger partial charge is 0.465 e. The summed E-state index contributed by atoms with van der Waals surface area (Å²) in [5.41, 5.74) is 5.36. The summed E-state index contributed by atoms with van der Waals surface area (Å²) in [6.07, 6.45) is 1.04. The Balaban J connectivity index is 4.31. The predicted molar refractivity (Wildman–Crippen MR) is 66.3 cm³/mol. The lowest BCUT2D eigenvalue weighted by Crippen LogP contribution is -2.39. The molecule has 0 aromatic heterocycles. The Morgan fingerprint density at radius 3 is 2.47 bits per heavy atom. The van der Waals surface area contributed by atoms with Crippen LogP contribution in [0.1, 0.15) is 33.6 Å². The zero-order valence-corrected chi connectivity index (χ0v) is 11.1. The van der Waals surface area contributed by atoms with E-state index >= 15 is 0 Å². The van der Waals surface area contributed by atoms with E-state index in [1.807, 2.05) is 13.8 Å². The SMILES string of the molecule is CCOC(=O)CN(CC(C)C)C(=O)CCCN. The molecule has 0 bridgehead atoms. The molecule has 0 aromatic rings. The predicted octanol–water partition coefficient (Wildman–Crippen LogP) is 0.773. The lowest BCUT2D eigenvalue weighted by atomic mass is 10.2. The lowest BCUT2D eigenvalue weighted by Gasteiger charge is -2.23. The minimum Gasteiger partial charge on any atom is -0.465 e. The number of hydrogen-bond acceptors (Lipinski definition) is 4. The smallest absolute Gasteiger partial charge is 0.325 e. The molecule has 0 spiro atoms. The number of amides is 1. The standard InChI is InChI=1S/C12H24N2O3/c1-4-17-12(16)9-14(8-10(2)3)11(15)6-5-7-13/h10H,4-9,13H2,1-3H3. The molecule has 0 aromatic carbocycles. The molecule has 2 N–H and O–H groups in total. The van der Waals surface area contributed by atoms with Crippen molar-refractivity contribution in [3.8, 4) is 0 Å². The molecule has 1 amide bonds. The summed E-state index contributed by atoms with van der Waals surface area (Å²) in [5.74, 6) is -0.0577. The summed E-state index contributed by atoms with van der Waals surface area (Å²) < 4.78 is 4.85. The van der Waals surface area contributed by atoms with E-state index in [2.05, 4.69) is 0 Å². The summed E-state index contributed by atoms with van der Waals surface area (Å²) in [6, 6.07) is 0. The Hall–Kier alpha value is -1.10. The van der Waals surface area contributed by atoms with Gasteiger partial charge in [-0.1, -0.05) is 13.8 Å². The number of nitrogens with two attached hydrogens (primary N) is 1. The fraction of sp³-hybridized carbons (Fsp3) is 0.833. The fourth-order valence-electron chi connectivity index (χ4n) is 1.47. The highest BCUT2D eigenvalue weighted by molar-refractivity contribution is 5.82. The number of nitrogens with zero attached hydrogens (tertiary/aromatic N) is 1. The van der Waals surface area contributed by atoms with Crippen molar-refractivity contribution in [1.29, 1.82) is 0 Å². The van der Waals surface area contributed by atoms with Crippen LogP contribution in [0.25, 0.3) is 0 Å². The maximum Gasteiger partial charge on any atom is 0.325 e. The number of ether oxygens (including phenoxy) is 1. The number of carbonyl (C=O) groups excluding carboxylic acids is 2. The molecular formula is C12H24N2O3. The third kappa shape index (κ3) is 7.74. The Labute approximate surface area is 103 Å². The van der Waals surface area contributed by atoms with Gasteiger partial charge >= 0.3 is 5.97 Å². The third-order valence-electron chi connectivity index (χ3n) is 2.16. The maximum atomic E-state index is 11.8. The molecule has 0 aliphatic rings. The first-order chi connectivity index (χ1) is 8.01. The van der Waals surface area contributed by atoms with Crippen molar-refractivity contribution in [2.45, 2.75) is 33.6 Å². The van der Waals surface area contributed by atoms with Crippen molar-refractivity contribution >= 4 is 11.9 Å². The third-order valence-corrected chi connectivity index (χ3v) is 2.16. The van der Waals surface area contributed by atoms with E-state index in [1.165, 1.54) is 0 Å². The Morgan fingerprint density at radius 2 is 2.00 bits per heavy atom. The first-order valence-corrected chi connectivity index (χ1v) is 6.14. The number of rotatable bonds is 8. The van der Waals surface area contributed by atoms with Crippen LogP contribution in [0.3, 0.4) is 0 Å². The second-order valence-corrected chi connectivity index (χ2v) is 4.37. The van der Waals surface area contributed by atoms with Gasteiger partial charge in [-0.25, -0.2) is 0 Å². The summed E-state index contributed by atoms with van der Waals surface area (Å²) in [5, 5.41) is 0. The van der Waals surface area contributed by atoms with Crippen molar-refractivity contribution in [1.82, 2.24) is 4.90 Å². The minimum atomic E-state index is -0.353.